The van der Waals surface area contributed by atoms with Gasteiger partial charge >= 0.3 is 0 Å². The van der Waals surface area contributed by atoms with Gasteiger partial charge in [0.2, 0.25) is 5.91 Å². The molecule has 1 aromatic heterocycles. The zero-order valence-corrected chi connectivity index (χ0v) is 10.5. The van der Waals surface area contributed by atoms with Crippen LogP contribution in [0.5, 0.6) is 0 Å². The lowest BCUT2D eigenvalue weighted by Crippen LogP contribution is -2.45. The number of rotatable bonds is 2. The molecule has 1 fully saturated rings. The molecule has 1 aromatic rings. The normalized spacial score (nSPS) is 24.4. The van der Waals surface area contributed by atoms with Crippen LogP contribution >= 0.6 is 11.6 Å². The second-order valence-corrected chi connectivity index (χ2v) is 4.83. The Balaban J connectivity index is 1.99. The summed E-state index contributed by atoms with van der Waals surface area (Å²) in [6.45, 7) is 3.05. The van der Waals surface area contributed by atoms with Crippen molar-refractivity contribution in [1.82, 2.24) is 10.3 Å². The Morgan fingerprint density at radius 3 is 3.18 bits per heavy atom. The van der Waals surface area contributed by atoms with E-state index in [1.807, 2.05) is 0 Å². The van der Waals surface area contributed by atoms with Gasteiger partial charge in [-0.1, -0.05) is 18.5 Å². The molecule has 2 unspecified atom stereocenters. The fourth-order valence-electron chi connectivity index (χ4n) is 2.01. The molecular formula is C12H16ClN3O. The molecule has 0 spiro atoms. The molecule has 5 heteroatoms. The van der Waals surface area contributed by atoms with Crippen LogP contribution in [0, 0.1) is 5.92 Å². The van der Waals surface area contributed by atoms with Crippen molar-refractivity contribution < 1.29 is 4.79 Å². The second kappa shape index (κ2) is 5.47. The van der Waals surface area contributed by atoms with Gasteiger partial charge in [0.25, 0.3) is 0 Å². The number of nitrogens with zero attached hydrogens (tertiary/aromatic N) is 1. The summed E-state index contributed by atoms with van der Waals surface area (Å²) >= 11 is 5.89. The SMILES string of the molecule is CC1CCNC(C(=O)Nc2cccnc2Cl)C1. The average molecular weight is 254 g/mol. The highest BCUT2D eigenvalue weighted by atomic mass is 35.5. The summed E-state index contributed by atoms with van der Waals surface area (Å²) in [6.07, 6.45) is 3.58. The second-order valence-electron chi connectivity index (χ2n) is 4.47. The molecule has 1 aliphatic rings. The smallest absolute Gasteiger partial charge is 0.241 e. The zero-order chi connectivity index (χ0) is 12.3. The predicted octanol–water partition coefficient (Wildman–Crippen LogP) is 2.06. The minimum absolute atomic E-state index is 0.0357. The number of piperidine rings is 1. The third-order valence-corrected chi connectivity index (χ3v) is 3.30. The maximum atomic E-state index is 12.0. The largest absolute Gasteiger partial charge is 0.322 e. The summed E-state index contributed by atoms with van der Waals surface area (Å²) in [7, 11) is 0. The van der Waals surface area contributed by atoms with Gasteiger partial charge in [0.1, 0.15) is 0 Å². The van der Waals surface area contributed by atoms with E-state index in [9.17, 15) is 4.79 Å². The van der Waals surface area contributed by atoms with E-state index in [0.717, 1.165) is 19.4 Å². The van der Waals surface area contributed by atoms with E-state index in [1.54, 1.807) is 18.3 Å². The zero-order valence-electron chi connectivity index (χ0n) is 9.74. The highest BCUT2D eigenvalue weighted by Crippen LogP contribution is 2.20. The number of carbonyl (C=O) groups excluding carboxylic acids is 1. The van der Waals surface area contributed by atoms with Crippen molar-refractivity contribution in [3.63, 3.8) is 0 Å². The number of aromatic nitrogens is 1. The number of anilines is 1. The fourth-order valence-corrected chi connectivity index (χ4v) is 2.17. The van der Waals surface area contributed by atoms with Crippen molar-refractivity contribution in [2.75, 3.05) is 11.9 Å². The van der Waals surface area contributed by atoms with Gasteiger partial charge in [-0.15, -0.1) is 0 Å². The van der Waals surface area contributed by atoms with E-state index in [0.29, 0.717) is 16.8 Å². The first-order valence-corrected chi connectivity index (χ1v) is 6.19. The standard InChI is InChI=1S/C12H16ClN3O/c1-8-4-6-14-10(7-8)12(17)16-9-3-2-5-15-11(9)13/h2-3,5,8,10,14H,4,6-7H2,1H3,(H,16,17). The predicted molar refractivity (Wildman–Crippen MR) is 68.1 cm³/mol. The van der Waals surface area contributed by atoms with Crippen LogP contribution in [0.25, 0.3) is 0 Å². The molecule has 2 N–H and O–H groups in total. The van der Waals surface area contributed by atoms with E-state index in [2.05, 4.69) is 22.5 Å². The molecular weight excluding hydrogens is 238 g/mol. The third kappa shape index (κ3) is 3.17. The molecule has 2 rings (SSSR count). The molecule has 17 heavy (non-hydrogen) atoms. The maximum absolute atomic E-state index is 12.0. The van der Waals surface area contributed by atoms with Crippen LogP contribution in [0.4, 0.5) is 5.69 Å². The van der Waals surface area contributed by atoms with Crippen molar-refractivity contribution in [2.45, 2.75) is 25.8 Å². The number of carbonyl (C=O) groups is 1. The van der Waals surface area contributed by atoms with Crippen LogP contribution in [0.1, 0.15) is 19.8 Å². The maximum Gasteiger partial charge on any atom is 0.241 e. The van der Waals surface area contributed by atoms with Gasteiger partial charge in [-0.3, -0.25) is 4.79 Å². The Hall–Kier alpha value is -1.13. The fraction of sp³-hybridized carbons (Fsp3) is 0.500. The first-order valence-electron chi connectivity index (χ1n) is 5.81. The average Bonchev–Trinajstić information content (AvgIpc) is 2.32. The van der Waals surface area contributed by atoms with Gasteiger partial charge in [-0.2, -0.15) is 0 Å². The van der Waals surface area contributed by atoms with Crippen molar-refractivity contribution >= 4 is 23.2 Å². The quantitative estimate of drug-likeness (QED) is 0.794. The number of hydrogen-bond acceptors (Lipinski definition) is 3. The van der Waals surface area contributed by atoms with E-state index >= 15 is 0 Å². The third-order valence-electron chi connectivity index (χ3n) is 3.00. The molecule has 2 atom stereocenters. The van der Waals surface area contributed by atoms with Gasteiger partial charge in [-0.05, 0) is 37.4 Å². The van der Waals surface area contributed by atoms with Crippen molar-refractivity contribution in [3.05, 3.63) is 23.5 Å². The van der Waals surface area contributed by atoms with Crippen LogP contribution in [0.15, 0.2) is 18.3 Å². The summed E-state index contributed by atoms with van der Waals surface area (Å²) in [5.41, 5.74) is 0.569. The monoisotopic (exact) mass is 253 g/mol. The molecule has 1 saturated heterocycles. The summed E-state index contributed by atoms with van der Waals surface area (Å²) in [5, 5.41) is 6.34. The number of amides is 1. The van der Waals surface area contributed by atoms with Crippen molar-refractivity contribution in [3.8, 4) is 0 Å². The molecule has 2 heterocycles. The Kier molecular flexibility index (Phi) is 3.97. The molecule has 0 saturated carbocycles. The van der Waals surface area contributed by atoms with Gasteiger partial charge in [0, 0.05) is 6.20 Å². The van der Waals surface area contributed by atoms with E-state index < -0.39 is 0 Å². The van der Waals surface area contributed by atoms with E-state index in [1.165, 1.54) is 0 Å². The molecule has 4 nitrogen and oxygen atoms in total. The first-order chi connectivity index (χ1) is 8.16. The molecule has 0 radical (unpaired) electrons. The first kappa shape index (κ1) is 12.3. The van der Waals surface area contributed by atoms with E-state index in [4.69, 9.17) is 11.6 Å². The molecule has 1 aliphatic heterocycles. The lowest BCUT2D eigenvalue weighted by atomic mass is 9.94. The van der Waals surface area contributed by atoms with Crippen LogP contribution in [-0.2, 0) is 4.79 Å². The van der Waals surface area contributed by atoms with Crippen LogP contribution in [0.2, 0.25) is 5.15 Å². The molecule has 0 aromatic carbocycles. The van der Waals surface area contributed by atoms with Gasteiger partial charge < -0.3 is 10.6 Å². The Morgan fingerprint density at radius 1 is 1.65 bits per heavy atom. The lowest BCUT2D eigenvalue weighted by molar-refractivity contribution is -0.119. The Bertz CT molecular complexity index is 410. The van der Waals surface area contributed by atoms with Crippen LogP contribution in [-0.4, -0.2) is 23.5 Å². The minimum Gasteiger partial charge on any atom is -0.322 e. The number of nitrogens with one attached hydrogen (secondary N) is 2. The van der Waals surface area contributed by atoms with Gasteiger partial charge in [-0.25, -0.2) is 4.98 Å². The van der Waals surface area contributed by atoms with Gasteiger partial charge in [0.05, 0.1) is 11.7 Å². The summed E-state index contributed by atoms with van der Waals surface area (Å²) in [5.74, 6) is 0.544. The highest BCUT2D eigenvalue weighted by molar-refractivity contribution is 6.32. The minimum atomic E-state index is -0.130. The van der Waals surface area contributed by atoms with Crippen LogP contribution < -0.4 is 10.6 Å². The Labute approximate surface area is 106 Å². The topological polar surface area (TPSA) is 54.0 Å². The van der Waals surface area contributed by atoms with Crippen molar-refractivity contribution in [1.29, 1.82) is 0 Å². The lowest BCUT2D eigenvalue weighted by Gasteiger charge is -2.27. The molecule has 0 bridgehead atoms. The molecule has 0 aliphatic carbocycles. The summed E-state index contributed by atoms with van der Waals surface area (Å²) < 4.78 is 0. The molecule has 1 amide bonds. The summed E-state index contributed by atoms with van der Waals surface area (Å²) in [6, 6.07) is 3.37. The molecule has 92 valence electrons. The van der Waals surface area contributed by atoms with Crippen LogP contribution in [0.3, 0.4) is 0 Å². The van der Waals surface area contributed by atoms with E-state index in [-0.39, 0.29) is 11.9 Å². The summed E-state index contributed by atoms with van der Waals surface area (Å²) in [4.78, 5) is 15.9. The number of halogens is 1. The number of hydrogen-bond donors (Lipinski definition) is 2. The highest BCUT2D eigenvalue weighted by Gasteiger charge is 2.24. The van der Waals surface area contributed by atoms with Crippen molar-refractivity contribution in [2.24, 2.45) is 5.92 Å². The van der Waals surface area contributed by atoms with Gasteiger partial charge in [0.15, 0.2) is 5.15 Å². The Morgan fingerprint density at radius 2 is 2.47 bits per heavy atom. The number of pyridine rings is 1.